The van der Waals surface area contributed by atoms with Crippen molar-refractivity contribution in [2.45, 2.75) is 6.92 Å². The zero-order chi connectivity index (χ0) is 21.1. The maximum absolute atomic E-state index is 12.6. The molecule has 1 heterocycles. The zero-order valence-corrected chi connectivity index (χ0v) is 16.6. The Labute approximate surface area is 171 Å². The predicted octanol–water partition coefficient (Wildman–Crippen LogP) is 3.39. The molecule has 0 atom stereocenters. The third kappa shape index (κ3) is 4.38. The van der Waals surface area contributed by atoms with E-state index >= 15 is 0 Å². The molecule has 0 aromatic heterocycles. The van der Waals surface area contributed by atoms with Gasteiger partial charge in [0.05, 0.1) is 16.2 Å². The lowest BCUT2D eigenvalue weighted by Crippen LogP contribution is -2.41. The first-order valence-electron chi connectivity index (χ1n) is 8.69. The van der Waals surface area contributed by atoms with Crippen LogP contribution >= 0.6 is 11.8 Å². The molecule has 2 aromatic carbocycles. The van der Waals surface area contributed by atoms with Crippen LogP contribution in [0.2, 0.25) is 0 Å². The van der Waals surface area contributed by atoms with Crippen LogP contribution in [0.4, 0.5) is 10.5 Å². The number of benzene rings is 2. The number of carbonyl (C=O) groups excluding carboxylic acids is 3. The summed E-state index contributed by atoms with van der Waals surface area (Å²) in [5.41, 5.74) is 1.99. The van der Waals surface area contributed by atoms with Gasteiger partial charge in [-0.1, -0.05) is 42.0 Å². The summed E-state index contributed by atoms with van der Waals surface area (Å²) in [6.07, 6.45) is 1.61. The fourth-order valence-corrected chi connectivity index (χ4v) is 3.61. The maximum Gasteiger partial charge on any atom is 0.337 e. The molecule has 1 N–H and O–H groups in total. The molecule has 29 heavy (non-hydrogen) atoms. The minimum Gasteiger partial charge on any atom is -0.478 e. The van der Waals surface area contributed by atoms with Gasteiger partial charge in [-0.05, 0) is 42.5 Å². The standard InChI is InChI=1S/C21H18N2O5S/c1-13-7-9-14(10-8-13)11-17-19(25)23(21(28)29-17)12-18(24)22(2)16-6-4-3-5-15(16)20(26)27/h3-11H,12H2,1-2H3,(H,26,27)/b17-11-. The van der Waals surface area contributed by atoms with Gasteiger partial charge >= 0.3 is 5.97 Å². The Kier molecular flexibility index (Phi) is 5.84. The Hall–Kier alpha value is -3.39. The molecule has 0 bridgehead atoms. The second-order valence-electron chi connectivity index (χ2n) is 6.45. The summed E-state index contributed by atoms with van der Waals surface area (Å²) >= 11 is 0.772. The molecule has 0 aliphatic carbocycles. The number of carbonyl (C=O) groups is 4. The lowest BCUT2D eigenvalue weighted by atomic mass is 10.1. The van der Waals surface area contributed by atoms with Crippen molar-refractivity contribution in [1.29, 1.82) is 0 Å². The smallest absolute Gasteiger partial charge is 0.337 e. The fraction of sp³-hybridized carbons (Fsp3) is 0.143. The minimum absolute atomic E-state index is 0.0447. The summed E-state index contributed by atoms with van der Waals surface area (Å²) in [5, 5.41) is 8.75. The van der Waals surface area contributed by atoms with E-state index in [1.165, 1.54) is 19.2 Å². The molecule has 148 valence electrons. The molecule has 1 aliphatic heterocycles. The van der Waals surface area contributed by atoms with Gasteiger partial charge in [-0.15, -0.1) is 0 Å². The number of imide groups is 1. The summed E-state index contributed by atoms with van der Waals surface area (Å²) < 4.78 is 0. The number of carboxylic acid groups (broad SMARTS) is 1. The van der Waals surface area contributed by atoms with Gasteiger partial charge in [0.2, 0.25) is 5.91 Å². The predicted molar refractivity (Wildman–Crippen MR) is 111 cm³/mol. The van der Waals surface area contributed by atoms with Crippen molar-refractivity contribution in [1.82, 2.24) is 4.90 Å². The first-order valence-corrected chi connectivity index (χ1v) is 9.50. The number of para-hydroxylation sites is 1. The Morgan fingerprint density at radius 1 is 1.10 bits per heavy atom. The van der Waals surface area contributed by atoms with Gasteiger partial charge < -0.3 is 10.0 Å². The summed E-state index contributed by atoms with van der Waals surface area (Å²) in [5.74, 6) is -2.29. The van der Waals surface area contributed by atoms with Crippen LogP contribution in [0.15, 0.2) is 53.4 Å². The molecule has 1 saturated heterocycles. The Bertz CT molecular complexity index is 1030. The highest BCUT2D eigenvalue weighted by atomic mass is 32.2. The number of hydrogen-bond donors (Lipinski definition) is 1. The zero-order valence-electron chi connectivity index (χ0n) is 15.8. The number of carboxylic acids is 1. The fourth-order valence-electron chi connectivity index (χ4n) is 2.77. The van der Waals surface area contributed by atoms with Crippen LogP contribution in [0, 0.1) is 6.92 Å². The van der Waals surface area contributed by atoms with E-state index in [1.807, 2.05) is 31.2 Å². The van der Waals surface area contributed by atoms with Gasteiger partial charge in [0.25, 0.3) is 11.1 Å². The first kappa shape index (κ1) is 20.3. The van der Waals surface area contributed by atoms with Crippen LogP contribution in [0.1, 0.15) is 21.5 Å². The highest BCUT2D eigenvalue weighted by Gasteiger charge is 2.37. The van der Waals surface area contributed by atoms with E-state index in [2.05, 4.69) is 0 Å². The van der Waals surface area contributed by atoms with Gasteiger partial charge in [0, 0.05) is 7.05 Å². The van der Waals surface area contributed by atoms with E-state index in [1.54, 1.807) is 18.2 Å². The topological polar surface area (TPSA) is 95.0 Å². The average molecular weight is 410 g/mol. The number of rotatable bonds is 5. The summed E-state index contributed by atoms with van der Waals surface area (Å²) in [7, 11) is 1.41. The van der Waals surface area contributed by atoms with Crippen molar-refractivity contribution in [3.05, 3.63) is 70.1 Å². The average Bonchev–Trinajstić information content (AvgIpc) is 2.96. The molecule has 0 unspecified atom stereocenters. The Morgan fingerprint density at radius 3 is 2.41 bits per heavy atom. The molecule has 2 aromatic rings. The number of nitrogens with zero attached hydrogens (tertiary/aromatic N) is 2. The van der Waals surface area contributed by atoms with E-state index in [9.17, 15) is 24.3 Å². The number of aromatic carboxylic acids is 1. The summed E-state index contributed by atoms with van der Waals surface area (Å²) in [6.45, 7) is 1.47. The normalized spacial score (nSPS) is 15.1. The number of thioether (sulfide) groups is 1. The van der Waals surface area contributed by atoms with Crippen LogP contribution in [-0.2, 0) is 9.59 Å². The van der Waals surface area contributed by atoms with Crippen molar-refractivity contribution in [2.24, 2.45) is 0 Å². The molecule has 7 nitrogen and oxygen atoms in total. The second-order valence-corrected chi connectivity index (χ2v) is 7.45. The number of amides is 3. The Balaban J connectivity index is 1.77. The van der Waals surface area contributed by atoms with E-state index in [0.717, 1.165) is 32.7 Å². The van der Waals surface area contributed by atoms with Crippen molar-refractivity contribution in [3.63, 3.8) is 0 Å². The molecule has 1 fully saturated rings. The number of anilines is 1. The number of likely N-dealkylation sites (N-methyl/N-ethyl adjacent to an activating group) is 1. The highest BCUT2D eigenvalue weighted by molar-refractivity contribution is 8.18. The van der Waals surface area contributed by atoms with Crippen molar-refractivity contribution in [2.75, 3.05) is 18.5 Å². The van der Waals surface area contributed by atoms with Gasteiger partial charge in [-0.25, -0.2) is 4.79 Å². The van der Waals surface area contributed by atoms with Crippen LogP contribution in [0.5, 0.6) is 0 Å². The lowest BCUT2D eigenvalue weighted by Gasteiger charge is -2.21. The van der Waals surface area contributed by atoms with E-state index < -0.39 is 29.6 Å². The number of aryl methyl sites for hydroxylation is 1. The highest BCUT2D eigenvalue weighted by Crippen LogP contribution is 2.32. The van der Waals surface area contributed by atoms with Crippen LogP contribution < -0.4 is 4.90 Å². The first-order chi connectivity index (χ1) is 13.8. The lowest BCUT2D eigenvalue weighted by molar-refractivity contribution is -0.128. The van der Waals surface area contributed by atoms with Crippen LogP contribution in [-0.4, -0.2) is 46.6 Å². The van der Waals surface area contributed by atoms with E-state index in [-0.39, 0.29) is 16.2 Å². The SMILES string of the molecule is Cc1ccc(/C=C2\SC(=O)N(CC(=O)N(C)c3ccccc3C(=O)O)C2=O)cc1. The molecule has 3 amide bonds. The molecular weight excluding hydrogens is 392 g/mol. The Morgan fingerprint density at radius 2 is 1.76 bits per heavy atom. The molecule has 0 saturated carbocycles. The summed E-state index contributed by atoms with van der Waals surface area (Å²) in [4.78, 5) is 51.1. The monoisotopic (exact) mass is 410 g/mol. The molecule has 3 rings (SSSR count). The van der Waals surface area contributed by atoms with E-state index in [4.69, 9.17) is 0 Å². The maximum atomic E-state index is 12.6. The van der Waals surface area contributed by atoms with Gasteiger partial charge in [0.1, 0.15) is 6.54 Å². The minimum atomic E-state index is -1.17. The second kappa shape index (κ2) is 8.32. The van der Waals surface area contributed by atoms with Crippen molar-refractivity contribution in [3.8, 4) is 0 Å². The third-order valence-corrected chi connectivity index (χ3v) is 5.32. The number of hydrogen-bond acceptors (Lipinski definition) is 5. The van der Waals surface area contributed by atoms with Gasteiger partial charge in [-0.3, -0.25) is 19.3 Å². The van der Waals surface area contributed by atoms with Crippen LogP contribution in [0.3, 0.4) is 0 Å². The largest absolute Gasteiger partial charge is 0.478 e. The van der Waals surface area contributed by atoms with Crippen molar-refractivity contribution >= 4 is 46.5 Å². The van der Waals surface area contributed by atoms with Crippen molar-refractivity contribution < 1.29 is 24.3 Å². The molecular formula is C21H18N2O5S. The quantitative estimate of drug-likeness (QED) is 0.759. The molecule has 8 heteroatoms. The van der Waals surface area contributed by atoms with Gasteiger partial charge in [0.15, 0.2) is 0 Å². The third-order valence-electron chi connectivity index (χ3n) is 4.41. The molecule has 0 radical (unpaired) electrons. The van der Waals surface area contributed by atoms with Crippen LogP contribution in [0.25, 0.3) is 6.08 Å². The van der Waals surface area contributed by atoms with E-state index in [0.29, 0.717) is 0 Å². The summed E-state index contributed by atoms with van der Waals surface area (Å²) in [6, 6.07) is 13.5. The van der Waals surface area contributed by atoms with Gasteiger partial charge in [-0.2, -0.15) is 0 Å². The molecule has 1 aliphatic rings. The molecule has 0 spiro atoms.